The Morgan fingerprint density at radius 3 is 2.50 bits per heavy atom. The first-order valence-corrected chi connectivity index (χ1v) is 4.66. The van der Waals surface area contributed by atoms with Crippen LogP contribution in [0.25, 0.3) is 0 Å². The van der Waals surface area contributed by atoms with Crippen LogP contribution in [0.3, 0.4) is 0 Å². The molecule has 1 aromatic rings. The maximum atomic E-state index is 12.6. The number of alkyl halides is 5. The van der Waals surface area contributed by atoms with Crippen molar-refractivity contribution in [2.75, 3.05) is 0 Å². The molecule has 0 aromatic carbocycles. The van der Waals surface area contributed by atoms with Gasteiger partial charge in [-0.25, -0.2) is 13.8 Å². The molecule has 0 saturated carbocycles. The molecule has 0 radical (unpaired) electrons. The molecule has 3 nitrogen and oxygen atoms in total. The van der Waals surface area contributed by atoms with Crippen molar-refractivity contribution in [2.24, 2.45) is 0 Å². The summed E-state index contributed by atoms with van der Waals surface area (Å²) in [4.78, 5) is 3.10. The topological polar surface area (TPSA) is 45.9 Å². The van der Waals surface area contributed by atoms with E-state index in [-0.39, 0.29) is 17.5 Å². The minimum Gasteiger partial charge on any atom is -0.388 e. The second kappa shape index (κ2) is 5.16. The highest BCUT2D eigenvalue weighted by atomic mass is 19.4. The fourth-order valence-corrected chi connectivity index (χ4v) is 1.31. The third-order valence-corrected chi connectivity index (χ3v) is 2.09. The van der Waals surface area contributed by atoms with E-state index in [9.17, 15) is 22.0 Å². The van der Waals surface area contributed by atoms with Crippen LogP contribution in [0.4, 0.5) is 22.0 Å². The van der Waals surface area contributed by atoms with Crippen molar-refractivity contribution in [2.45, 2.75) is 26.1 Å². The van der Waals surface area contributed by atoms with Crippen LogP contribution in [0.15, 0.2) is 6.07 Å². The fourth-order valence-electron chi connectivity index (χ4n) is 1.31. The van der Waals surface area contributed by atoms with Crippen molar-refractivity contribution >= 4 is 0 Å². The predicted molar refractivity (Wildman–Crippen MR) is 49.9 cm³/mol. The summed E-state index contributed by atoms with van der Waals surface area (Å²) < 4.78 is 64.6. The van der Waals surface area contributed by atoms with Gasteiger partial charge in [-0.15, -0.1) is 13.2 Å². The molecule has 0 fully saturated rings. The van der Waals surface area contributed by atoms with Gasteiger partial charge in [-0.2, -0.15) is 5.26 Å². The van der Waals surface area contributed by atoms with Crippen LogP contribution in [0.1, 0.15) is 23.2 Å². The molecule has 1 heterocycles. The van der Waals surface area contributed by atoms with Gasteiger partial charge in [0.15, 0.2) is 0 Å². The number of rotatable bonds is 3. The van der Waals surface area contributed by atoms with E-state index >= 15 is 0 Å². The first-order valence-electron chi connectivity index (χ1n) is 4.66. The van der Waals surface area contributed by atoms with Gasteiger partial charge >= 0.3 is 6.36 Å². The summed E-state index contributed by atoms with van der Waals surface area (Å²) in [6, 6.07) is 2.50. The predicted octanol–water partition coefficient (Wildman–Crippen LogP) is 3.29. The minimum atomic E-state index is -5.02. The minimum absolute atomic E-state index is 0.0129. The van der Waals surface area contributed by atoms with Gasteiger partial charge in [0, 0.05) is 6.07 Å². The highest BCUT2D eigenvalue weighted by molar-refractivity contribution is 5.36. The van der Waals surface area contributed by atoms with Crippen molar-refractivity contribution in [3.63, 3.8) is 0 Å². The zero-order valence-corrected chi connectivity index (χ0v) is 9.05. The largest absolute Gasteiger partial charge is 0.574 e. The van der Waals surface area contributed by atoms with Crippen molar-refractivity contribution in [1.29, 1.82) is 5.26 Å². The van der Waals surface area contributed by atoms with Crippen LogP contribution < -0.4 is 4.74 Å². The Kier molecular flexibility index (Phi) is 4.06. The number of ether oxygens (including phenoxy) is 1. The van der Waals surface area contributed by atoms with Gasteiger partial charge in [-0.3, -0.25) is 0 Å². The lowest BCUT2D eigenvalue weighted by molar-refractivity contribution is -0.276. The number of hydrogen-bond acceptors (Lipinski definition) is 3. The van der Waals surface area contributed by atoms with Gasteiger partial charge in [0.05, 0.1) is 12.5 Å². The Hall–Kier alpha value is -1.91. The van der Waals surface area contributed by atoms with E-state index in [0.717, 1.165) is 6.07 Å². The van der Waals surface area contributed by atoms with Crippen LogP contribution >= 0.6 is 0 Å². The van der Waals surface area contributed by atoms with Crippen molar-refractivity contribution in [3.05, 3.63) is 22.9 Å². The highest BCUT2D eigenvalue weighted by Crippen LogP contribution is 2.29. The molecular weight excluding hydrogens is 259 g/mol. The van der Waals surface area contributed by atoms with E-state index in [1.807, 2.05) is 0 Å². The summed E-state index contributed by atoms with van der Waals surface area (Å²) in [7, 11) is 0. The third-order valence-electron chi connectivity index (χ3n) is 2.09. The number of hydrogen-bond donors (Lipinski definition) is 0. The van der Waals surface area contributed by atoms with Gasteiger partial charge in [0.1, 0.15) is 5.69 Å². The molecule has 18 heavy (non-hydrogen) atoms. The number of aromatic nitrogens is 1. The van der Waals surface area contributed by atoms with Gasteiger partial charge < -0.3 is 4.74 Å². The molecule has 0 aliphatic carbocycles. The van der Waals surface area contributed by atoms with E-state index in [0.29, 0.717) is 0 Å². The van der Waals surface area contributed by atoms with Gasteiger partial charge in [0.2, 0.25) is 5.88 Å². The first-order chi connectivity index (χ1) is 8.24. The number of pyridine rings is 1. The monoisotopic (exact) mass is 266 g/mol. The van der Waals surface area contributed by atoms with Crippen LogP contribution in [0, 0.1) is 18.3 Å². The maximum Gasteiger partial charge on any atom is 0.574 e. The standard InChI is InChI=1S/C10H7F5N2O/c1-5-6(2-3-16)4-7(18-10(13,14)15)17-8(5)9(11)12/h4,9H,2H2,1H3. The summed E-state index contributed by atoms with van der Waals surface area (Å²) >= 11 is 0. The molecule has 1 aromatic heterocycles. The SMILES string of the molecule is Cc1c(CC#N)cc(OC(F)(F)F)nc1C(F)F. The molecule has 0 aliphatic rings. The Bertz CT molecular complexity index is 478. The van der Waals surface area contributed by atoms with Crippen molar-refractivity contribution in [3.8, 4) is 11.9 Å². The molecule has 98 valence electrons. The summed E-state index contributed by atoms with van der Waals surface area (Å²) in [5.41, 5.74) is -0.801. The molecule has 0 N–H and O–H groups in total. The van der Waals surface area contributed by atoms with E-state index in [4.69, 9.17) is 5.26 Å². The first kappa shape index (κ1) is 14.2. The lowest BCUT2D eigenvalue weighted by Crippen LogP contribution is -2.19. The number of nitriles is 1. The Labute approximate surface area is 98.8 Å². The molecular formula is C10H7F5N2O. The molecule has 0 unspecified atom stereocenters. The van der Waals surface area contributed by atoms with E-state index in [1.54, 1.807) is 6.07 Å². The average molecular weight is 266 g/mol. The normalized spacial score (nSPS) is 11.4. The Morgan fingerprint density at radius 2 is 2.06 bits per heavy atom. The lowest BCUT2D eigenvalue weighted by Gasteiger charge is -2.13. The second-order valence-electron chi connectivity index (χ2n) is 3.31. The quantitative estimate of drug-likeness (QED) is 0.788. The summed E-state index contributed by atoms with van der Waals surface area (Å²) in [6.07, 6.45) is -8.37. The molecule has 0 spiro atoms. The zero-order chi connectivity index (χ0) is 13.9. The fraction of sp³-hybridized carbons (Fsp3) is 0.400. The van der Waals surface area contributed by atoms with Gasteiger partial charge in [-0.1, -0.05) is 0 Å². The number of nitrogens with zero attached hydrogens (tertiary/aromatic N) is 2. The van der Waals surface area contributed by atoms with E-state index in [2.05, 4.69) is 9.72 Å². The second-order valence-corrected chi connectivity index (χ2v) is 3.31. The third kappa shape index (κ3) is 3.55. The van der Waals surface area contributed by atoms with E-state index < -0.39 is 24.4 Å². The average Bonchev–Trinajstić information content (AvgIpc) is 2.20. The molecule has 0 aliphatic heterocycles. The molecule has 0 amide bonds. The molecule has 8 heteroatoms. The Balaban J connectivity index is 3.25. The molecule has 0 bridgehead atoms. The molecule has 0 atom stereocenters. The Morgan fingerprint density at radius 1 is 1.44 bits per heavy atom. The zero-order valence-electron chi connectivity index (χ0n) is 9.05. The van der Waals surface area contributed by atoms with Crippen LogP contribution in [-0.2, 0) is 6.42 Å². The van der Waals surface area contributed by atoms with Crippen molar-refractivity contribution in [1.82, 2.24) is 4.98 Å². The van der Waals surface area contributed by atoms with E-state index in [1.165, 1.54) is 6.92 Å². The van der Waals surface area contributed by atoms with Crippen molar-refractivity contribution < 1.29 is 26.7 Å². The molecule has 1 rings (SSSR count). The maximum absolute atomic E-state index is 12.6. The summed E-state index contributed by atoms with van der Waals surface area (Å²) in [6.45, 7) is 1.26. The van der Waals surface area contributed by atoms with Crippen LogP contribution in [-0.4, -0.2) is 11.3 Å². The molecule has 0 saturated heterocycles. The number of halogens is 5. The van der Waals surface area contributed by atoms with Gasteiger partial charge in [0.25, 0.3) is 6.43 Å². The smallest absolute Gasteiger partial charge is 0.388 e. The highest BCUT2D eigenvalue weighted by Gasteiger charge is 2.32. The lowest BCUT2D eigenvalue weighted by atomic mass is 10.1. The van der Waals surface area contributed by atoms with Crippen LogP contribution in [0.2, 0.25) is 0 Å². The van der Waals surface area contributed by atoms with Gasteiger partial charge in [-0.05, 0) is 18.1 Å². The summed E-state index contributed by atoms with van der Waals surface area (Å²) in [5.74, 6) is -0.992. The summed E-state index contributed by atoms with van der Waals surface area (Å²) in [5, 5.41) is 8.48. The van der Waals surface area contributed by atoms with Crippen LogP contribution in [0.5, 0.6) is 5.88 Å².